The lowest BCUT2D eigenvalue weighted by atomic mass is 10.1. The summed E-state index contributed by atoms with van der Waals surface area (Å²) in [5.74, 6) is 0.488. The van der Waals surface area contributed by atoms with Crippen LogP contribution in [0.3, 0.4) is 0 Å². The Bertz CT molecular complexity index is 941. The van der Waals surface area contributed by atoms with E-state index in [2.05, 4.69) is 18.2 Å². The number of rotatable bonds is 5. The van der Waals surface area contributed by atoms with Crippen molar-refractivity contribution in [2.45, 2.75) is 36.6 Å². The van der Waals surface area contributed by atoms with Crippen LogP contribution >= 0.6 is 11.8 Å². The highest BCUT2D eigenvalue weighted by Gasteiger charge is 2.35. The molecule has 0 bridgehead atoms. The van der Waals surface area contributed by atoms with Crippen LogP contribution < -0.4 is 4.90 Å². The molecule has 2 aromatic rings. The first-order valence-corrected chi connectivity index (χ1v) is 12.1. The van der Waals surface area contributed by atoms with Crippen molar-refractivity contribution in [3.05, 3.63) is 59.7 Å². The number of hydrogen-bond donors (Lipinski definition) is 0. The molecule has 0 radical (unpaired) electrons. The second-order valence-corrected chi connectivity index (χ2v) is 10.5. The number of aryl methyl sites for hydroxylation is 2. The van der Waals surface area contributed by atoms with Gasteiger partial charge in [-0.25, -0.2) is 8.42 Å². The normalized spacial score (nSPS) is 20.4. The molecule has 0 N–H and O–H groups in total. The van der Waals surface area contributed by atoms with Gasteiger partial charge >= 0.3 is 0 Å². The fourth-order valence-electron chi connectivity index (χ4n) is 3.98. The van der Waals surface area contributed by atoms with E-state index in [1.165, 1.54) is 29.3 Å². The Morgan fingerprint density at radius 2 is 1.85 bits per heavy atom. The van der Waals surface area contributed by atoms with Gasteiger partial charge in [-0.1, -0.05) is 24.3 Å². The van der Waals surface area contributed by atoms with Crippen LogP contribution in [0.1, 0.15) is 24.0 Å². The third-order valence-corrected chi connectivity index (χ3v) is 8.04. The number of benzene rings is 2. The predicted molar refractivity (Wildman–Crippen MR) is 110 cm³/mol. The van der Waals surface area contributed by atoms with E-state index in [0.717, 1.165) is 23.4 Å². The number of anilines is 1. The number of hydrogen-bond acceptors (Lipinski definition) is 4. The molecule has 0 unspecified atom stereocenters. The van der Waals surface area contributed by atoms with Gasteiger partial charge < -0.3 is 4.90 Å². The van der Waals surface area contributed by atoms with Gasteiger partial charge in [-0.3, -0.25) is 4.79 Å². The topological polar surface area (TPSA) is 54.5 Å². The molecule has 27 heavy (non-hydrogen) atoms. The lowest BCUT2D eigenvalue weighted by Gasteiger charge is -2.28. The fraction of sp³-hybridized carbons (Fsp3) is 0.381. The van der Waals surface area contributed by atoms with Gasteiger partial charge in [-0.05, 0) is 61.1 Å². The van der Waals surface area contributed by atoms with Gasteiger partial charge in [0.05, 0.1) is 23.3 Å². The zero-order chi connectivity index (χ0) is 18.9. The summed E-state index contributed by atoms with van der Waals surface area (Å²) in [6.45, 7) is 0. The van der Waals surface area contributed by atoms with E-state index >= 15 is 0 Å². The third kappa shape index (κ3) is 4.22. The van der Waals surface area contributed by atoms with Crippen LogP contribution in [0.15, 0.2) is 53.4 Å². The quantitative estimate of drug-likeness (QED) is 0.720. The van der Waals surface area contributed by atoms with Crippen LogP contribution in [-0.4, -0.2) is 37.6 Å². The van der Waals surface area contributed by atoms with Crippen molar-refractivity contribution in [2.24, 2.45) is 0 Å². The number of nitrogens with zero attached hydrogens (tertiary/aromatic N) is 1. The summed E-state index contributed by atoms with van der Waals surface area (Å²) >= 11 is 1.54. The second kappa shape index (κ2) is 7.68. The highest BCUT2D eigenvalue weighted by molar-refractivity contribution is 8.00. The van der Waals surface area contributed by atoms with Gasteiger partial charge in [0.25, 0.3) is 0 Å². The fourth-order valence-corrected chi connectivity index (χ4v) is 6.50. The van der Waals surface area contributed by atoms with Crippen molar-refractivity contribution >= 4 is 33.2 Å². The number of thioether (sulfide) groups is 1. The Hall–Kier alpha value is -1.79. The number of fused-ring (bicyclic) bond motifs is 1. The van der Waals surface area contributed by atoms with E-state index in [9.17, 15) is 13.2 Å². The van der Waals surface area contributed by atoms with Crippen LogP contribution in [0, 0.1) is 0 Å². The summed E-state index contributed by atoms with van der Waals surface area (Å²) in [4.78, 5) is 15.9. The molecular formula is C21H23NO3S2. The molecule has 6 heteroatoms. The SMILES string of the molecule is O=C(CSc1ccc2c(c1)CCC2)N(c1ccccc1)[C@@H]1CCS(=O)(=O)C1. The molecule has 1 atom stereocenters. The first-order chi connectivity index (χ1) is 13.0. The Kier molecular flexibility index (Phi) is 5.28. The summed E-state index contributed by atoms with van der Waals surface area (Å²) in [5.41, 5.74) is 3.60. The largest absolute Gasteiger partial charge is 0.308 e. The van der Waals surface area contributed by atoms with Crippen LogP contribution in [0.2, 0.25) is 0 Å². The Labute approximate surface area is 164 Å². The van der Waals surface area contributed by atoms with E-state index in [4.69, 9.17) is 0 Å². The molecule has 0 aromatic heterocycles. The molecule has 1 amide bonds. The number of sulfone groups is 1. The molecule has 142 valence electrons. The minimum absolute atomic E-state index is 0.0335. The number of carbonyl (C=O) groups is 1. The van der Waals surface area contributed by atoms with Crippen LogP contribution in [0.5, 0.6) is 0 Å². The first-order valence-electron chi connectivity index (χ1n) is 9.34. The van der Waals surface area contributed by atoms with Gasteiger partial charge in [0.1, 0.15) is 0 Å². The Balaban J connectivity index is 1.50. The molecule has 2 aromatic carbocycles. The zero-order valence-electron chi connectivity index (χ0n) is 15.1. The van der Waals surface area contributed by atoms with E-state index in [1.54, 1.807) is 4.90 Å². The molecule has 2 aliphatic rings. The van der Waals surface area contributed by atoms with Gasteiger partial charge in [-0.15, -0.1) is 11.8 Å². The molecule has 4 nitrogen and oxygen atoms in total. The molecule has 0 saturated carbocycles. The predicted octanol–water partition coefficient (Wildman–Crippen LogP) is 3.49. The maximum absolute atomic E-state index is 13.1. The van der Waals surface area contributed by atoms with Crippen LogP contribution in [0.4, 0.5) is 5.69 Å². The van der Waals surface area contributed by atoms with Crippen molar-refractivity contribution in [2.75, 3.05) is 22.2 Å². The number of para-hydroxylation sites is 1. The summed E-state index contributed by atoms with van der Waals surface area (Å²) in [6.07, 6.45) is 3.98. The average molecular weight is 402 g/mol. The minimum Gasteiger partial charge on any atom is -0.308 e. The van der Waals surface area contributed by atoms with E-state index < -0.39 is 9.84 Å². The van der Waals surface area contributed by atoms with Gasteiger partial charge in [0.15, 0.2) is 9.84 Å². The molecule has 1 fully saturated rings. The molecule has 1 saturated heterocycles. The zero-order valence-corrected chi connectivity index (χ0v) is 16.8. The first kappa shape index (κ1) is 18.6. The van der Waals surface area contributed by atoms with Crippen molar-refractivity contribution in [1.29, 1.82) is 0 Å². The minimum atomic E-state index is -3.06. The monoisotopic (exact) mass is 401 g/mol. The maximum atomic E-state index is 13.1. The smallest absolute Gasteiger partial charge is 0.237 e. The molecule has 1 heterocycles. The molecule has 1 aliphatic carbocycles. The standard InChI is InChI=1S/C21H23NO3S2/c23-21(14-26-20-10-9-16-5-4-6-17(16)13-20)22(18-7-2-1-3-8-18)19-11-12-27(24,25)15-19/h1-3,7-10,13,19H,4-6,11-12,14-15H2/t19-/m1/s1. The average Bonchev–Trinajstić information content (AvgIpc) is 3.26. The number of carbonyl (C=O) groups excluding carboxylic acids is 1. The molecule has 0 spiro atoms. The molecule has 4 rings (SSSR count). The van der Waals surface area contributed by atoms with Gasteiger partial charge in [-0.2, -0.15) is 0 Å². The number of amides is 1. The lowest BCUT2D eigenvalue weighted by molar-refractivity contribution is -0.116. The molecular weight excluding hydrogens is 378 g/mol. The summed E-state index contributed by atoms with van der Waals surface area (Å²) in [5, 5.41) is 0. The molecule has 1 aliphatic heterocycles. The summed E-state index contributed by atoms with van der Waals surface area (Å²) in [6, 6.07) is 15.6. The van der Waals surface area contributed by atoms with Crippen molar-refractivity contribution in [3.63, 3.8) is 0 Å². The van der Waals surface area contributed by atoms with E-state index in [-0.39, 0.29) is 23.5 Å². The van der Waals surface area contributed by atoms with E-state index in [1.807, 2.05) is 30.3 Å². The Morgan fingerprint density at radius 3 is 2.59 bits per heavy atom. The van der Waals surface area contributed by atoms with Crippen molar-refractivity contribution in [1.82, 2.24) is 0 Å². The van der Waals surface area contributed by atoms with Gasteiger partial charge in [0, 0.05) is 10.6 Å². The highest BCUT2D eigenvalue weighted by atomic mass is 32.2. The van der Waals surface area contributed by atoms with Crippen molar-refractivity contribution < 1.29 is 13.2 Å². The summed E-state index contributed by atoms with van der Waals surface area (Å²) < 4.78 is 23.9. The van der Waals surface area contributed by atoms with E-state index in [0.29, 0.717) is 12.2 Å². The van der Waals surface area contributed by atoms with Gasteiger partial charge in [0.2, 0.25) is 5.91 Å². The van der Waals surface area contributed by atoms with Crippen molar-refractivity contribution in [3.8, 4) is 0 Å². The lowest BCUT2D eigenvalue weighted by Crippen LogP contribution is -2.42. The highest BCUT2D eigenvalue weighted by Crippen LogP contribution is 2.29. The van der Waals surface area contributed by atoms with Crippen LogP contribution in [-0.2, 0) is 27.5 Å². The van der Waals surface area contributed by atoms with Crippen LogP contribution in [0.25, 0.3) is 0 Å². The third-order valence-electron chi connectivity index (χ3n) is 5.31. The summed E-state index contributed by atoms with van der Waals surface area (Å²) in [7, 11) is -3.06. The maximum Gasteiger partial charge on any atom is 0.237 e. The second-order valence-electron chi connectivity index (χ2n) is 7.23. The Morgan fingerprint density at radius 1 is 1.07 bits per heavy atom.